The van der Waals surface area contributed by atoms with Crippen LogP contribution in [0.15, 0.2) is 18.2 Å². The lowest BCUT2D eigenvalue weighted by Crippen LogP contribution is -2.41. The Balaban J connectivity index is 1.96. The van der Waals surface area contributed by atoms with E-state index in [-0.39, 0.29) is 18.1 Å². The minimum absolute atomic E-state index is 0.00854. The van der Waals surface area contributed by atoms with Crippen molar-refractivity contribution in [3.8, 4) is 0 Å². The lowest BCUT2D eigenvalue weighted by atomic mass is 10.1. The van der Waals surface area contributed by atoms with E-state index in [4.69, 9.17) is 16.3 Å². The highest BCUT2D eigenvalue weighted by atomic mass is 35.5. The van der Waals surface area contributed by atoms with Gasteiger partial charge in [0.15, 0.2) is 0 Å². The highest BCUT2D eigenvalue weighted by Crippen LogP contribution is 2.15. The van der Waals surface area contributed by atoms with Gasteiger partial charge in [0.05, 0.1) is 12.1 Å². The van der Waals surface area contributed by atoms with Gasteiger partial charge in [0.1, 0.15) is 10.8 Å². The summed E-state index contributed by atoms with van der Waals surface area (Å²) in [6, 6.07) is 4.98. The molecule has 1 aromatic rings. The summed E-state index contributed by atoms with van der Waals surface area (Å²) in [5, 5.41) is 3.20. The molecule has 0 radical (unpaired) electrons. The van der Waals surface area contributed by atoms with Crippen LogP contribution in [0.5, 0.6) is 0 Å². The van der Waals surface area contributed by atoms with E-state index >= 15 is 0 Å². The smallest absolute Gasteiger partial charge is 0.270 e. The SMILES string of the molecule is CC(NC(=O)c1cccc(Cl)n1)C1CCCO1. The summed E-state index contributed by atoms with van der Waals surface area (Å²) in [5.41, 5.74) is 0.336. The first-order chi connectivity index (χ1) is 8.16. The summed E-state index contributed by atoms with van der Waals surface area (Å²) in [6.45, 7) is 2.72. The number of hydrogen-bond donors (Lipinski definition) is 1. The molecular formula is C12H15ClN2O2. The van der Waals surface area contributed by atoms with Crippen molar-refractivity contribution in [2.45, 2.75) is 31.9 Å². The van der Waals surface area contributed by atoms with Crippen LogP contribution in [0.2, 0.25) is 5.15 Å². The standard InChI is InChI=1S/C12H15ClN2O2/c1-8(10-5-3-7-17-10)14-12(16)9-4-2-6-11(13)15-9/h2,4,6,8,10H,3,5,7H2,1H3,(H,14,16). The summed E-state index contributed by atoms with van der Waals surface area (Å²) in [4.78, 5) is 15.8. The van der Waals surface area contributed by atoms with Crippen LogP contribution < -0.4 is 5.32 Å². The molecule has 1 aromatic heterocycles. The van der Waals surface area contributed by atoms with Crippen molar-refractivity contribution in [1.29, 1.82) is 0 Å². The monoisotopic (exact) mass is 254 g/mol. The Morgan fingerprint density at radius 3 is 3.12 bits per heavy atom. The van der Waals surface area contributed by atoms with Crippen LogP contribution in [-0.2, 0) is 4.74 Å². The fraction of sp³-hybridized carbons (Fsp3) is 0.500. The maximum absolute atomic E-state index is 11.9. The number of ether oxygens (including phenoxy) is 1. The van der Waals surface area contributed by atoms with Crippen LogP contribution in [0, 0.1) is 0 Å². The number of hydrogen-bond acceptors (Lipinski definition) is 3. The van der Waals surface area contributed by atoms with Crippen molar-refractivity contribution in [3.05, 3.63) is 29.0 Å². The molecule has 92 valence electrons. The highest BCUT2D eigenvalue weighted by Gasteiger charge is 2.24. The molecule has 0 bridgehead atoms. The largest absolute Gasteiger partial charge is 0.376 e. The molecule has 0 aliphatic carbocycles. The lowest BCUT2D eigenvalue weighted by molar-refractivity contribution is 0.0709. The number of amides is 1. The quantitative estimate of drug-likeness (QED) is 0.840. The molecule has 2 unspecified atom stereocenters. The molecule has 1 saturated heterocycles. The first-order valence-corrected chi connectivity index (χ1v) is 6.09. The second-order valence-electron chi connectivity index (χ2n) is 4.16. The molecule has 0 spiro atoms. The van der Waals surface area contributed by atoms with Gasteiger partial charge in [-0.25, -0.2) is 4.98 Å². The summed E-state index contributed by atoms with van der Waals surface area (Å²) in [7, 11) is 0. The van der Waals surface area contributed by atoms with Gasteiger partial charge in [-0.1, -0.05) is 17.7 Å². The third kappa shape index (κ3) is 3.17. The van der Waals surface area contributed by atoms with E-state index in [1.807, 2.05) is 6.92 Å². The van der Waals surface area contributed by atoms with Crippen LogP contribution >= 0.6 is 11.6 Å². The molecule has 2 rings (SSSR count). The van der Waals surface area contributed by atoms with E-state index in [0.29, 0.717) is 10.8 Å². The normalized spacial score (nSPS) is 21.2. The van der Waals surface area contributed by atoms with E-state index in [1.165, 1.54) is 0 Å². The van der Waals surface area contributed by atoms with Gasteiger partial charge in [-0.3, -0.25) is 4.79 Å². The van der Waals surface area contributed by atoms with Crippen molar-refractivity contribution in [1.82, 2.24) is 10.3 Å². The van der Waals surface area contributed by atoms with Crippen LogP contribution in [0.1, 0.15) is 30.3 Å². The number of pyridine rings is 1. The Morgan fingerprint density at radius 1 is 1.65 bits per heavy atom. The first kappa shape index (κ1) is 12.3. The maximum Gasteiger partial charge on any atom is 0.270 e. The van der Waals surface area contributed by atoms with Crippen molar-refractivity contribution < 1.29 is 9.53 Å². The minimum Gasteiger partial charge on any atom is -0.376 e. The van der Waals surface area contributed by atoms with Crippen molar-refractivity contribution in [3.63, 3.8) is 0 Å². The lowest BCUT2D eigenvalue weighted by Gasteiger charge is -2.19. The molecule has 1 aliphatic rings. The van der Waals surface area contributed by atoms with E-state index in [9.17, 15) is 4.79 Å². The molecule has 5 heteroatoms. The van der Waals surface area contributed by atoms with Crippen molar-refractivity contribution >= 4 is 17.5 Å². The average Bonchev–Trinajstić information content (AvgIpc) is 2.82. The second kappa shape index (κ2) is 5.47. The molecule has 2 atom stereocenters. The molecule has 1 fully saturated rings. The van der Waals surface area contributed by atoms with E-state index in [2.05, 4.69) is 10.3 Å². The number of nitrogens with one attached hydrogen (secondary N) is 1. The number of carbonyl (C=O) groups excluding carboxylic acids is 1. The average molecular weight is 255 g/mol. The number of halogens is 1. The topological polar surface area (TPSA) is 51.2 Å². The maximum atomic E-state index is 11.9. The molecule has 1 N–H and O–H groups in total. The summed E-state index contributed by atoms with van der Waals surface area (Å²) < 4.78 is 5.51. The van der Waals surface area contributed by atoms with Gasteiger partial charge < -0.3 is 10.1 Å². The Bertz CT molecular complexity index is 405. The Kier molecular flexibility index (Phi) is 3.97. The molecule has 4 nitrogen and oxygen atoms in total. The van der Waals surface area contributed by atoms with Gasteiger partial charge in [-0.2, -0.15) is 0 Å². The van der Waals surface area contributed by atoms with Gasteiger partial charge in [-0.05, 0) is 31.9 Å². The molecule has 0 aromatic carbocycles. The number of rotatable bonds is 3. The Hall–Kier alpha value is -1.13. The van der Waals surface area contributed by atoms with Gasteiger partial charge in [0.2, 0.25) is 0 Å². The molecular weight excluding hydrogens is 240 g/mol. The molecule has 17 heavy (non-hydrogen) atoms. The van der Waals surface area contributed by atoms with E-state index in [1.54, 1.807) is 18.2 Å². The third-order valence-corrected chi connectivity index (χ3v) is 3.04. The molecule has 2 heterocycles. The van der Waals surface area contributed by atoms with Gasteiger partial charge in [-0.15, -0.1) is 0 Å². The summed E-state index contributed by atoms with van der Waals surface area (Å²) in [6.07, 6.45) is 2.16. The fourth-order valence-electron chi connectivity index (χ4n) is 1.91. The van der Waals surface area contributed by atoms with Crippen LogP contribution in [0.3, 0.4) is 0 Å². The zero-order valence-electron chi connectivity index (χ0n) is 9.65. The van der Waals surface area contributed by atoms with Crippen LogP contribution in [-0.4, -0.2) is 29.6 Å². The van der Waals surface area contributed by atoms with Gasteiger partial charge >= 0.3 is 0 Å². The minimum atomic E-state index is -0.212. The van der Waals surface area contributed by atoms with Crippen LogP contribution in [0.4, 0.5) is 0 Å². The third-order valence-electron chi connectivity index (χ3n) is 2.83. The van der Waals surface area contributed by atoms with E-state index < -0.39 is 0 Å². The highest BCUT2D eigenvalue weighted by molar-refractivity contribution is 6.29. The van der Waals surface area contributed by atoms with Crippen molar-refractivity contribution in [2.24, 2.45) is 0 Å². The zero-order chi connectivity index (χ0) is 12.3. The Morgan fingerprint density at radius 2 is 2.47 bits per heavy atom. The first-order valence-electron chi connectivity index (χ1n) is 5.72. The molecule has 1 aliphatic heterocycles. The predicted molar refractivity (Wildman–Crippen MR) is 65.1 cm³/mol. The second-order valence-corrected chi connectivity index (χ2v) is 4.55. The predicted octanol–water partition coefficient (Wildman–Crippen LogP) is 2.03. The number of carbonyl (C=O) groups is 1. The molecule has 0 saturated carbocycles. The summed E-state index contributed by atoms with van der Waals surface area (Å²) >= 11 is 5.74. The molecule has 1 amide bonds. The number of nitrogens with zero attached hydrogens (tertiary/aromatic N) is 1. The van der Waals surface area contributed by atoms with Gasteiger partial charge in [0.25, 0.3) is 5.91 Å². The number of aromatic nitrogens is 1. The zero-order valence-corrected chi connectivity index (χ0v) is 10.4. The van der Waals surface area contributed by atoms with E-state index in [0.717, 1.165) is 19.4 Å². The van der Waals surface area contributed by atoms with Crippen molar-refractivity contribution in [2.75, 3.05) is 6.61 Å². The Labute approximate surface area is 105 Å². The van der Waals surface area contributed by atoms with Crippen LogP contribution in [0.25, 0.3) is 0 Å². The van der Waals surface area contributed by atoms with Gasteiger partial charge in [0, 0.05) is 6.61 Å². The summed E-state index contributed by atoms with van der Waals surface area (Å²) in [5.74, 6) is -0.212. The fourth-order valence-corrected chi connectivity index (χ4v) is 2.07.